The van der Waals surface area contributed by atoms with Gasteiger partial charge in [0.2, 0.25) is 5.91 Å². The molecule has 0 unspecified atom stereocenters. The van der Waals surface area contributed by atoms with Gasteiger partial charge in [0.15, 0.2) is 5.78 Å². The first-order chi connectivity index (χ1) is 13.1. The smallest absolute Gasteiger partial charge is 0.344 e. The van der Waals surface area contributed by atoms with E-state index in [0.29, 0.717) is 16.8 Å². The Hall–Kier alpha value is -3.16. The number of benzene rings is 2. The summed E-state index contributed by atoms with van der Waals surface area (Å²) in [4.78, 5) is 35.0. The van der Waals surface area contributed by atoms with Gasteiger partial charge in [0.05, 0.1) is 0 Å². The van der Waals surface area contributed by atoms with E-state index in [-0.39, 0.29) is 25.2 Å². The van der Waals surface area contributed by atoms with Gasteiger partial charge in [-0.05, 0) is 24.6 Å². The highest BCUT2D eigenvalue weighted by Gasteiger charge is 2.38. The Morgan fingerprint density at radius 1 is 0.964 bits per heavy atom. The Labute approximate surface area is 159 Å². The first-order valence-electron chi connectivity index (χ1n) is 8.49. The van der Waals surface area contributed by atoms with Crippen LogP contribution in [0.1, 0.15) is 34.3 Å². The molecule has 148 valence electrons. The molecule has 0 heterocycles. The average Bonchev–Trinajstić information content (AvgIpc) is 2.64. The number of hydrogen-bond acceptors (Lipinski definition) is 3. The third kappa shape index (κ3) is 6.53. The lowest BCUT2D eigenvalue weighted by Crippen LogP contribution is -2.36. The van der Waals surface area contributed by atoms with Crippen molar-refractivity contribution >= 4 is 23.3 Å². The van der Waals surface area contributed by atoms with Crippen LogP contribution >= 0.6 is 0 Å². The number of alkyl halides is 3. The molecule has 0 radical (unpaired) electrons. The third-order valence-corrected chi connectivity index (χ3v) is 3.87. The summed E-state index contributed by atoms with van der Waals surface area (Å²) in [5, 5.41) is 4.35. The van der Waals surface area contributed by atoms with Crippen molar-refractivity contribution in [1.29, 1.82) is 0 Å². The van der Waals surface area contributed by atoms with E-state index in [1.54, 1.807) is 29.6 Å². The largest absolute Gasteiger partial charge is 0.471 e. The molecule has 2 aromatic carbocycles. The number of halogens is 3. The summed E-state index contributed by atoms with van der Waals surface area (Å²) < 4.78 is 36.6. The molecular weight excluding hydrogens is 373 g/mol. The van der Waals surface area contributed by atoms with Crippen molar-refractivity contribution in [3.8, 4) is 0 Å². The van der Waals surface area contributed by atoms with Crippen molar-refractivity contribution in [1.82, 2.24) is 5.32 Å². The Kier molecular flexibility index (Phi) is 6.92. The van der Waals surface area contributed by atoms with Crippen molar-refractivity contribution in [3.63, 3.8) is 0 Å². The summed E-state index contributed by atoms with van der Waals surface area (Å²) in [5.74, 6) is -2.58. The van der Waals surface area contributed by atoms with E-state index in [0.717, 1.165) is 5.56 Å². The van der Waals surface area contributed by atoms with E-state index in [4.69, 9.17) is 0 Å². The molecule has 0 bridgehead atoms. The van der Waals surface area contributed by atoms with Crippen LogP contribution in [0.5, 0.6) is 0 Å². The Bertz CT molecular complexity index is 862. The maximum atomic E-state index is 12.2. The predicted molar refractivity (Wildman–Crippen MR) is 97.7 cm³/mol. The lowest BCUT2D eigenvalue weighted by atomic mass is 10.0. The average molecular weight is 392 g/mol. The van der Waals surface area contributed by atoms with Crippen LogP contribution in [-0.4, -0.2) is 23.8 Å². The Morgan fingerprint density at radius 3 is 2.29 bits per heavy atom. The second kappa shape index (κ2) is 9.16. The van der Waals surface area contributed by atoms with Crippen LogP contribution in [0.25, 0.3) is 0 Å². The number of Topliss-reactive ketones (excluding diaryl/α,β-unsaturated/α-hetero) is 1. The van der Waals surface area contributed by atoms with Gasteiger partial charge >= 0.3 is 12.1 Å². The number of rotatable bonds is 7. The molecule has 0 atom stereocenters. The van der Waals surface area contributed by atoms with Crippen LogP contribution in [0.3, 0.4) is 0 Å². The van der Waals surface area contributed by atoms with Crippen molar-refractivity contribution in [2.75, 3.05) is 5.32 Å². The zero-order chi connectivity index (χ0) is 20.7. The summed E-state index contributed by atoms with van der Waals surface area (Å²) in [6.07, 6.45) is -4.94. The molecule has 0 aliphatic heterocycles. The second-order valence-electron chi connectivity index (χ2n) is 6.22. The molecular formula is C20H19F3N2O3. The highest BCUT2D eigenvalue weighted by Crippen LogP contribution is 2.16. The zero-order valence-corrected chi connectivity index (χ0v) is 15.1. The van der Waals surface area contributed by atoms with Crippen LogP contribution in [-0.2, 0) is 16.1 Å². The van der Waals surface area contributed by atoms with Gasteiger partial charge in [-0.2, -0.15) is 13.2 Å². The van der Waals surface area contributed by atoms with Crippen molar-refractivity contribution in [2.45, 2.75) is 32.5 Å². The molecule has 0 aliphatic carbocycles. The third-order valence-electron chi connectivity index (χ3n) is 3.87. The molecule has 2 N–H and O–H groups in total. The molecule has 2 amide bonds. The topological polar surface area (TPSA) is 75.3 Å². The standard InChI is InChI=1S/C20H19F3N2O3/c1-13-5-7-15(8-6-13)17(26)9-10-18(27)25-16-4-2-3-14(11-16)12-24-19(28)20(21,22)23/h2-8,11H,9-10,12H2,1H3,(H,24,28)(H,25,27). The molecule has 2 aromatic rings. The number of anilines is 1. The summed E-state index contributed by atoms with van der Waals surface area (Å²) in [5.41, 5.74) is 2.32. The number of carbonyl (C=O) groups excluding carboxylic acids is 3. The monoisotopic (exact) mass is 392 g/mol. The number of aryl methyl sites for hydroxylation is 1. The number of amides is 2. The van der Waals surface area contributed by atoms with Crippen LogP contribution in [0.15, 0.2) is 48.5 Å². The summed E-state index contributed by atoms with van der Waals surface area (Å²) in [6.45, 7) is 1.58. The van der Waals surface area contributed by atoms with E-state index in [1.165, 1.54) is 12.1 Å². The van der Waals surface area contributed by atoms with Gasteiger partial charge < -0.3 is 10.6 Å². The number of nitrogens with one attached hydrogen (secondary N) is 2. The Morgan fingerprint density at radius 2 is 1.64 bits per heavy atom. The first kappa shape index (κ1) is 21.1. The van der Waals surface area contributed by atoms with Crippen LogP contribution in [0.2, 0.25) is 0 Å². The number of ketones is 1. The van der Waals surface area contributed by atoms with Crippen molar-refractivity contribution in [3.05, 3.63) is 65.2 Å². The minimum absolute atomic E-state index is 0.0260. The molecule has 2 rings (SSSR count). The maximum Gasteiger partial charge on any atom is 0.471 e. The highest BCUT2D eigenvalue weighted by atomic mass is 19.4. The maximum absolute atomic E-state index is 12.2. The van der Waals surface area contributed by atoms with Crippen LogP contribution in [0.4, 0.5) is 18.9 Å². The van der Waals surface area contributed by atoms with Crippen LogP contribution < -0.4 is 10.6 Å². The zero-order valence-electron chi connectivity index (χ0n) is 15.1. The lowest BCUT2D eigenvalue weighted by Gasteiger charge is -2.10. The molecule has 0 saturated heterocycles. The summed E-state index contributed by atoms with van der Waals surface area (Å²) >= 11 is 0. The molecule has 28 heavy (non-hydrogen) atoms. The molecule has 0 aromatic heterocycles. The minimum atomic E-state index is -4.95. The number of hydrogen-bond donors (Lipinski definition) is 2. The van der Waals surface area contributed by atoms with Crippen molar-refractivity contribution < 1.29 is 27.6 Å². The van der Waals surface area contributed by atoms with E-state index in [2.05, 4.69) is 5.32 Å². The second-order valence-corrected chi connectivity index (χ2v) is 6.22. The fourth-order valence-electron chi connectivity index (χ4n) is 2.38. The molecule has 0 spiro atoms. The van der Waals surface area contributed by atoms with E-state index in [1.807, 2.05) is 19.1 Å². The van der Waals surface area contributed by atoms with Gasteiger partial charge in [0, 0.05) is 30.6 Å². The summed E-state index contributed by atoms with van der Waals surface area (Å²) in [6, 6.07) is 13.1. The lowest BCUT2D eigenvalue weighted by molar-refractivity contribution is -0.173. The highest BCUT2D eigenvalue weighted by molar-refractivity contribution is 6.00. The molecule has 0 aliphatic rings. The van der Waals surface area contributed by atoms with Gasteiger partial charge in [-0.15, -0.1) is 0 Å². The van der Waals surface area contributed by atoms with Gasteiger partial charge in [-0.25, -0.2) is 0 Å². The fourth-order valence-corrected chi connectivity index (χ4v) is 2.38. The first-order valence-corrected chi connectivity index (χ1v) is 8.49. The van der Waals surface area contributed by atoms with Gasteiger partial charge in [-0.1, -0.05) is 42.0 Å². The van der Waals surface area contributed by atoms with Gasteiger partial charge in [0.1, 0.15) is 0 Å². The van der Waals surface area contributed by atoms with Crippen LogP contribution in [0, 0.1) is 6.92 Å². The fraction of sp³-hybridized carbons (Fsp3) is 0.250. The van der Waals surface area contributed by atoms with E-state index < -0.39 is 18.0 Å². The van der Waals surface area contributed by atoms with E-state index in [9.17, 15) is 27.6 Å². The minimum Gasteiger partial charge on any atom is -0.344 e. The predicted octanol–water partition coefficient (Wildman–Crippen LogP) is 3.78. The normalized spacial score (nSPS) is 11.0. The summed E-state index contributed by atoms with van der Waals surface area (Å²) in [7, 11) is 0. The SMILES string of the molecule is Cc1ccc(C(=O)CCC(=O)Nc2cccc(CNC(=O)C(F)(F)F)c2)cc1. The molecule has 0 fully saturated rings. The number of carbonyl (C=O) groups is 3. The van der Waals surface area contributed by atoms with Gasteiger partial charge in [0.25, 0.3) is 0 Å². The Balaban J connectivity index is 1.85. The van der Waals surface area contributed by atoms with Crippen molar-refractivity contribution in [2.24, 2.45) is 0 Å². The molecule has 5 nitrogen and oxygen atoms in total. The quantitative estimate of drug-likeness (QED) is 0.705. The van der Waals surface area contributed by atoms with Gasteiger partial charge in [-0.3, -0.25) is 14.4 Å². The molecule has 0 saturated carbocycles. The van der Waals surface area contributed by atoms with E-state index >= 15 is 0 Å². The molecule has 8 heteroatoms.